The van der Waals surface area contributed by atoms with Crippen LogP contribution < -0.4 is 0 Å². The second-order valence-corrected chi connectivity index (χ2v) is 5.90. The number of carbonyl (C=O) groups excluding carboxylic acids is 2. The number of nitrogens with zero attached hydrogens (tertiary/aromatic N) is 2. The fourth-order valence-electron chi connectivity index (χ4n) is 3.11. The number of rotatable bonds is 2. The molecule has 4 nitrogen and oxygen atoms in total. The quantitative estimate of drug-likeness (QED) is 0.851. The summed E-state index contributed by atoms with van der Waals surface area (Å²) >= 11 is 0. The van der Waals surface area contributed by atoms with E-state index in [4.69, 9.17) is 0 Å². The Bertz CT molecular complexity index is 748. The van der Waals surface area contributed by atoms with E-state index in [1.54, 1.807) is 22.8 Å². The predicted molar refractivity (Wildman–Crippen MR) is 88.9 cm³/mol. The van der Waals surface area contributed by atoms with Gasteiger partial charge in [0.2, 0.25) is 5.91 Å². The highest BCUT2D eigenvalue weighted by Gasteiger charge is 2.32. The molecule has 1 heterocycles. The summed E-state index contributed by atoms with van der Waals surface area (Å²) in [5, 5.41) is 0. The summed E-state index contributed by atoms with van der Waals surface area (Å²) in [5.74, 6) is -0.650. The molecule has 2 aromatic carbocycles. The maximum absolute atomic E-state index is 13.4. The van der Waals surface area contributed by atoms with Crippen molar-refractivity contribution in [3.05, 3.63) is 71.5 Å². The third kappa shape index (κ3) is 3.30. The van der Waals surface area contributed by atoms with Crippen LogP contribution in [-0.2, 0) is 4.79 Å². The van der Waals surface area contributed by atoms with Crippen LogP contribution in [0.4, 0.5) is 4.39 Å². The van der Waals surface area contributed by atoms with Crippen molar-refractivity contribution in [2.24, 2.45) is 0 Å². The molecule has 1 atom stereocenters. The number of benzene rings is 2. The average molecular weight is 326 g/mol. The van der Waals surface area contributed by atoms with E-state index >= 15 is 0 Å². The Labute approximate surface area is 140 Å². The molecule has 0 saturated carbocycles. The first kappa shape index (κ1) is 16.2. The van der Waals surface area contributed by atoms with Crippen LogP contribution in [-0.4, -0.2) is 41.2 Å². The van der Waals surface area contributed by atoms with Gasteiger partial charge in [0.25, 0.3) is 5.91 Å². The van der Waals surface area contributed by atoms with Crippen molar-refractivity contribution in [3.8, 4) is 0 Å². The standard InChI is InChI=1S/C19H19FN2O2/c1-14(23)22-11-10-21(13-18(22)15-6-3-2-4-7-15)19(24)16-8-5-9-17(20)12-16/h2-9,12,18H,10-11,13H2,1H3/t18-/m0/s1. The number of amides is 2. The van der Waals surface area contributed by atoms with Gasteiger partial charge in [-0.25, -0.2) is 4.39 Å². The molecule has 124 valence electrons. The molecule has 5 heteroatoms. The maximum Gasteiger partial charge on any atom is 0.254 e. The Balaban J connectivity index is 1.85. The topological polar surface area (TPSA) is 40.6 Å². The summed E-state index contributed by atoms with van der Waals surface area (Å²) in [7, 11) is 0. The summed E-state index contributed by atoms with van der Waals surface area (Å²) in [6, 6.07) is 15.2. The van der Waals surface area contributed by atoms with E-state index in [9.17, 15) is 14.0 Å². The Morgan fingerprint density at radius 3 is 2.46 bits per heavy atom. The van der Waals surface area contributed by atoms with Crippen LogP contribution in [0.15, 0.2) is 54.6 Å². The number of carbonyl (C=O) groups is 2. The van der Waals surface area contributed by atoms with Gasteiger partial charge >= 0.3 is 0 Å². The molecule has 1 saturated heterocycles. The lowest BCUT2D eigenvalue weighted by molar-refractivity contribution is -0.133. The second kappa shape index (κ2) is 6.83. The molecule has 0 aromatic heterocycles. The van der Waals surface area contributed by atoms with E-state index in [2.05, 4.69) is 0 Å². The minimum absolute atomic E-state index is 0.0123. The third-order valence-corrected chi connectivity index (χ3v) is 4.33. The minimum Gasteiger partial charge on any atom is -0.334 e. The van der Waals surface area contributed by atoms with Crippen molar-refractivity contribution in [3.63, 3.8) is 0 Å². The first-order valence-corrected chi connectivity index (χ1v) is 7.93. The van der Waals surface area contributed by atoms with E-state index < -0.39 is 5.82 Å². The first-order chi connectivity index (χ1) is 11.6. The van der Waals surface area contributed by atoms with Gasteiger partial charge < -0.3 is 9.80 Å². The molecule has 0 aliphatic carbocycles. The van der Waals surface area contributed by atoms with Crippen molar-refractivity contribution in [2.75, 3.05) is 19.6 Å². The second-order valence-electron chi connectivity index (χ2n) is 5.90. The lowest BCUT2D eigenvalue weighted by Gasteiger charge is -2.41. The molecule has 24 heavy (non-hydrogen) atoms. The molecule has 1 fully saturated rings. The van der Waals surface area contributed by atoms with Gasteiger partial charge in [0.05, 0.1) is 6.04 Å². The van der Waals surface area contributed by atoms with Gasteiger partial charge in [-0.15, -0.1) is 0 Å². The zero-order valence-corrected chi connectivity index (χ0v) is 13.5. The molecule has 1 aliphatic heterocycles. The lowest BCUT2D eigenvalue weighted by atomic mass is 10.0. The highest BCUT2D eigenvalue weighted by atomic mass is 19.1. The Morgan fingerprint density at radius 2 is 1.79 bits per heavy atom. The van der Waals surface area contributed by atoms with Crippen LogP contribution in [0, 0.1) is 5.82 Å². The Hall–Kier alpha value is -2.69. The number of hydrogen-bond donors (Lipinski definition) is 0. The Morgan fingerprint density at radius 1 is 1.04 bits per heavy atom. The van der Waals surface area contributed by atoms with Crippen LogP contribution in [0.25, 0.3) is 0 Å². The fourth-order valence-corrected chi connectivity index (χ4v) is 3.11. The minimum atomic E-state index is -0.428. The summed E-state index contributed by atoms with van der Waals surface area (Å²) in [6.45, 7) is 2.85. The molecule has 0 N–H and O–H groups in total. The molecule has 0 bridgehead atoms. The number of piperazine rings is 1. The van der Waals surface area contributed by atoms with E-state index in [1.807, 2.05) is 30.3 Å². The zero-order chi connectivity index (χ0) is 17.1. The molecular formula is C19H19FN2O2. The smallest absolute Gasteiger partial charge is 0.254 e. The molecule has 2 amide bonds. The summed E-state index contributed by atoms with van der Waals surface area (Å²) in [4.78, 5) is 28.1. The summed E-state index contributed by atoms with van der Waals surface area (Å²) in [5.41, 5.74) is 1.32. The van der Waals surface area contributed by atoms with E-state index in [0.717, 1.165) is 5.56 Å². The SMILES string of the molecule is CC(=O)N1CCN(C(=O)c2cccc(F)c2)C[C@H]1c1ccccc1. The van der Waals surface area contributed by atoms with Crippen LogP contribution in [0.2, 0.25) is 0 Å². The average Bonchev–Trinajstić information content (AvgIpc) is 2.61. The van der Waals surface area contributed by atoms with Crippen molar-refractivity contribution in [2.45, 2.75) is 13.0 Å². The van der Waals surface area contributed by atoms with Gasteiger partial charge in [0, 0.05) is 32.1 Å². The highest BCUT2D eigenvalue weighted by Crippen LogP contribution is 2.26. The van der Waals surface area contributed by atoms with Gasteiger partial charge in [0.15, 0.2) is 0 Å². The van der Waals surface area contributed by atoms with Gasteiger partial charge in [-0.2, -0.15) is 0 Å². The van der Waals surface area contributed by atoms with Gasteiger partial charge in [-0.1, -0.05) is 36.4 Å². The number of hydrogen-bond acceptors (Lipinski definition) is 2. The molecular weight excluding hydrogens is 307 g/mol. The third-order valence-electron chi connectivity index (χ3n) is 4.33. The van der Waals surface area contributed by atoms with Crippen molar-refractivity contribution < 1.29 is 14.0 Å². The van der Waals surface area contributed by atoms with Gasteiger partial charge in [-0.3, -0.25) is 9.59 Å². The van der Waals surface area contributed by atoms with E-state index in [-0.39, 0.29) is 17.9 Å². The first-order valence-electron chi connectivity index (χ1n) is 7.93. The predicted octanol–water partition coefficient (Wildman–Crippen LogP) is 2.87. The largest absolute Gasteiger partial charge is 0.334 e. The molecule has 3 rings (SSSR count). The van der Waals surface area contributed by atoms with Crippen LogP contribution >= 0.6 is 0 Å². The number of halogens is 1. The zero-order valence-electron chi connectivity index (χ0n) is 13.5. The lowest BCUT2D eigenvalue weighted by Crippen LogP contribution is -2.51. The monoisotopic (exact) mass is 326 g/mol. The van der Waals surface area contributed by atoms with Crippen LogP contribution in [0.3, 0.4) is 0 Å². The van der Waals surface area contributed by atoms with E-state index in [0.29, 0.717) is 25.2 Å². The molecule has 2 aromatic rings. The normalized spacial score (nSPS) is 17.7. The highest BCUT2D eigenvalue weighted by molar-refractivity contribution is 5.94. The maximum atomic E-state index is 13.4. The van der Waals surface area contributed by atoms with Gasteiger partial charge in [0.1, 0.15) is 5.82 Å². The van der Waals surface area contributed by atoms with Crippen molar-refractivity contribution in [1.29, 1.82) is 0 Å². The molecule has 0 radical (unpaired) electrons. The van der Waals surface area contributed by atoms with Crippen molar-refractivity contribution in [1.82, 2.24) is 9.80 Å². The van der Waals surface area contributed by atoms with Gasteiger partial charge in [-0.05, 0) is 23.8 Å². The Kier molecular flexibility index (Phi) is 4.60. The van der Waals surface area contributed by atoms with Crippen molar-refractivity contribution >= 4 is 11.8 Å². The molecule has 0 spiro atoms. The van der Waals surface area contributed by atoms with E-state index in [1.165, 1.54) is 18.2 Å². The van der Waals surface area contributed by atoms with Crippen LogP contribution in [0.5, 0.6) is 0 Å². The fraction of sp³-hybridized carbons (Fsp3) is 0.263. The molecule has 0 unspecified atom stereocenters. The molecule has 1 aliphatic rings. The summed E-state index contributed by atoms with van der Waals surface area (Å²) in [6.07, 6.45) is 0. The summed E-state index contributed by atoms with van der Waals surface area (Å²) < 4.78 is 13.4. The van der Waals surface area contributed by atoms with Crippen LogP contribution in [0.1, 0.15) is 28.9 Å².